The van der Waals surface area contributed by atoms with Crippen molar-refractivity contribution in [3.8, 4) is 0 Å². The Morgan fingerprint density at radius 3 is 2.24 bits per heavy atom. The SMILES string of the molecule is CNC(=O)[C@@H](Cc1ccccc1)N(Cc1ccc(Cl)cc1Cl)C(=O)CN(c1ccccc1F)S(C)(=O)=O. The number of amides is 2. The zero-order valence-electron chi connectivity index (χ0n) is 20.2. The summed E-state index contributed by atoms with van der Waals surface area (Å²) in [5.41, 5.74) is 1.01. The van der Waals surface area contributed by atoms with E-state index in [1.54, 1.807) is 12.1 Å². The monoisotopic (exact) mass is 565 g/mol. The Kier molecular flexibility index (Phi) is 9.53. The van der Waals surface area contributed by atoms with Crippen LogP contribution < -0.4 is 9.62 Å². The van der Waals surface area contributed by atoms with Crippen LogP contribution in [0.4, 0.5) is 10.1 Å². The Labute approximate surface area is 225 Å². The van der Waals surface area contributed by atoms with Crippen LogP contribution in [0.2, 0.25) is 10.0 Å². The molecule has 37 heavy (non-hydrogen) atoms. The summed E-state index contributed by atoms with van der Waals surface area (Å²) in [7, 11) is -2.62. The average molecular weight is 566 g/mol. The number of para-hydroxylation sites is 1. The van der Waals surface area contributed by atoms with E-state index in [0.29, 0.717) is 14.9 Å². The van der Waals surface area contributed by atoms with Crippen molar-refractivity contribution in [2.24, 2.45) is 0 Å². The molecule has 0 aromatic heterocycles. The minimum atomic E-state index is -4.06. The normalized spacial score (nSPS) is 12.0. The number of benzene rings is 3. The topological polar surface area (TPSA) is 86.8 Å². The molecule has 0 spiro atoms. The van der Waals surface area contributed by atoms with E-state index in [4.69, 9.17) is 23.2 Å². The molecule has 0 heterocycles. The molecule has 2 amide bonds. The molecule has 0 aliphatic rings. The Morgan fingerprint density at radius 2 is 1.65 bits per heavy atom. The number of rotatable bonds is 10. The minimum Gasteiger partial charge on any atom is -0.357 e. The van der Waals surface area contributed by atoms with Crippen molar-refractivity contribution in [3.05, 3.63) is 99.8 Å². The average Bonchev–Trinajstić information content (AvgIpc) is 2.85. The second-order valence-electron chi connectivity index (χ2n) is 8.30. The molecule has 0 aliphatic heterocycles. The second-order valence-corrected chi connectivity index (χ2v) is 11.0. The van der Waals surface area contributed by atoms with Crippen molar-refractivity contribution in [1.82, 2.24) is 10.2 Å². The highest BCUT2D eigenvalue weighted by Gasteiger charge is 2.33. The van der Waals surface area contributed by atoms with E-state index in [2.05, 4.69) is 5.32 Å². The molecular formula is C26H26Cl2FN3O4S. The van der Waals surface area contributed by atoms with Gasteiger partial charge in [-0.25, -0.2) is 12.8 Å². The lowest BCUT2D eigenvalue weighted by Gasteiger charge is -2.33. The standard InChI is InChI=1S/C26H26Cl2FN3O4S/c1-30-26(34)24(14-18-8-4-3-5-9-18)31(16-19-12-13-20(27)15-21(19)28)25(33)17-32(37(2,35)36)23-11-7-6-10-22(23)29/h3-13,15,24H,14,16-17H2,1-2H3,(H,30,34)/t24-/m1/s1. The van der Waals surface area contributed by atoms with Crippen LogP contribution >= 0.6 is 23.2 Å². The van der Waals surface area contributed by atoms with Crippen molar-refractivity contribution in [2.75, 3.05) is 24.2 Å². The molecule has 3 rings (SSSR count). The first-order valence-electron chi connectivity index (χ1n) is 11.2. The zero-order chi connectivity index (χ0) is 27.2. The number of hydrogen-bond donors (Lipinski definition) is 1. The number of anilines is 1. The summed E-state index contributed by atoms with van der Waals surface area (Å²) in [5.74, 6) is -1.98. The third-order valence-electron chi connectivity index (χ3n) is 5.67. The van der Waals surface area contributed by atoms with Crippen molar-refractivity contribution < 1.29 is 22.4 Å². The number of sulfonamides is 1. The number of likely N-dealkylation sites (N-methyl/N-ethyl adjacent to an activating group) is 1. The van der Waals surface area contributed by atoms with Gasteiger partial charge in [0.25, 0.3) is 0 Å². The summed E-state index contributed by atoms with van der Waals surface area (Å²) in [6, 6.07) is 18.0. The molecule has 3 aromatic carbocycles. The number of carbonyl (C=O) groups excluding carboxylic acids is 2. The van der Waals surface area contributed by atoms with E-state index in [1.165, 1.54) is 36.2 Å². The van der Waals surface area contributed by atoms with Crippen LogP contribution in [-0.4, -0.2) is 51.0 Å². The first-order chi connectivity index (χ1) is 17.5. The fourth-order valence-electron chi connectivity index (χ4n) is 3.80. The first-order valence-corrected chi connectivity index (χ1v) is 13.8. The predicted molar refractivity (Wildman–Crippen MR) is 144 cm³/mol. The molecular weight excluding hydrogens is 540 g/mol. The lowest BCUT2D eigenvalue weighted by atomic mass is 10.0. The molecule has 0 bridgehead atoms. The summed E-state index contributed by atoms with van der Waals surface area (Å²) in [5, 5.41) is 3.24. The highest BCUT2D eigenvalue weighted by atomic mass is 35.5. The van der Waals surface area contributed by atoms with Crippen LogP contribution in [0.3, 0.4) is 0 Å². The van der Waals surface area contributed by atoms with E-state index in [1.807, 2.05) is 30.3 Å². The Bertz CT molecular complexity index is 1370. The van der Waals surface area contributed by atoms with E-state index < -0.39 is 40.2 Å². The van der Waals surface area contributed by atoms with Gasteiger partial charge in [-0.3, -0.25) is 13.9 Å². The van der Waals surface area contributed by atoms with Gasteiger partial charge in [0.1, 0.15) is 18.4 Å². The Hall–Kier alpha value is -3.14. The number of hydrogen-bond acceptors (Lipinski definition) is 4. The minimum absolute atomic E-state index is 0.116. The van der Waals surface area contributed by atoms with Gasteiger partial charge in [0.05, 0.1) is 11.9 Å². The Morgan fingerprint density at radius 1 is 1.00 bits per heavy atom. The van der Waals surface area contributed by atoms with Crippen molar-refractivity contribution in [3.63, 3.8) is 0 Å². The van der Waals surface area contributed by atoms with Crippen LogP contribution in [-0.2, 0) is 32.6 Å². The molecule has 0 saturated heterocycles. The molecule has 0 saturated carbocycles. The van der Waals surface area contributed by atoms with E-state index in [9.17, 15) is 22.4 Å². The highest BCUT2D eigenvalue weighted by Crippen LogP contribution is 2.26. The summed E-state index contributed by atoms with van der Waals surface area (Å²) < 4.78 is 40.5. The molecule has 0 aliphatic carbocycles. The first kappa shape index (κ1) is 28.4. The molecule has 1 atom stereocenters. The van der Waals surface area contributed by atoms with Crippen LogP contribution in [0, 0.1) is 5.82 Å². The predicted octanol–water partition coefficient (Wildman–Crippen LogP) is 4.28. The summed E-state index contributed by atoms with van der Waals surface area (Å²) >= 11 is 12.4. The van der Waals surface area contributed by atoms with E-state index in [0.717, 1.165) is 17.9 Å². The Balaban J connectivity index is 2.06. The van der Waals surface area contributed by atoms with Gasteiger partial charge in [0.2, 0.25) is 21.8 Å². The van der Waals surface area contributed by atoms with Gasteiger partial charge in [-0.1, -0.05) is 71.7 Å². The smallest absolute Gasteiger partial charge is 0.244 e. The molecule has 0 radical (unpaired) electrons. The maximum Gasteiger partial charge on any atom is 0.244 e. The lowest BCUT2D eigenvalue weighted by Crippen LogP contribution is -2.53. The maximum absolute atomic E-state index is 14.6. The third kappa shape index (κ3) is 7.44. The van der Waals surface area contributed by atoms with Crippen LogP contribution in [0.25, 0.3) is 0 Å². The zero-order valence-corrected chi connectivity index (χ0v) is 22.5. The molecule has 0 fully saturated rings. The van der Waals surface area contributed by atoms with Crippen LogP contribution in [0.5, 0.6) is 0 Å². The van der Waals surface area contributed by atoms with Crippen molar-refractivity contribution in [1.29, 1.82) is 0 Å². The van der Waals surface area contributed by atoms with Gasteiger partial charge >= 0.3 is 0 Å². The summed E-state index contributed by atoms with van der Waals surface area (Å²) in [6.45, 7) is -0.845. The fourth-order valence-corrected chi connectivity index (χ4v) is 5.12. The molecule has 0 unspecified atom stereocenters. The van der Waals surface area contributed by atoms with Gasteiger partial charge in [0, 0.05) is 30.1 Å². The van der Waals surface area contributed by atoms with Gasteiger partial charge in [-0.15, -0.1) is 0 Å². The molecule has 196 valence electrons. The highest BCUT2D eigenvalue weighted by molar-refractivity contribution is 7.92. The van der Waals surface area contributed by atoms with Gasteiger partial charge in [0.15, 0.2) is 0 Å². The lowest BCUT2D eigenvalue weighted by molar-refractivity contribution is -0.139. The van der Waals surface area contributed by atoms with Gasteiger partial charge in [-0.2, -0.15) is 0 Å². The largest absolute Gasteiger partial charge is 0.357 e. The van der Waals surface area contributed by atoms with Gasteiger partial charge in [-0.05, 0) is 35.4 Å². The maximum atomic E-state index is 14.6. The van der Waals surface area contributed by atoms with Crippen molar-refractivity contribution in [2.45, 2.75) is 19.0 Å². The molecule has 3 aromatic rings. The number of halogens is 3. The molecule has 1 N–H and O–H groups in total. The summed E-state index contributed by atoms with van der Waals surface area (Å²) in [6.07, 6.45) is 1.03. The van der Waals surface area contributed by atoms with E-state index in [-0.39, 0.29) is 23.7 Å². The second kappa shape index (κ2) is 12.4. The van der Waals surface area contributed by atoms with Crippen LogP contribution in [0.1, 0.15) is 11.1 Å². The number of nitrogens with one attached hydrogen (secondary N) is 1. The van der Waals surface area contributed by atoms with E-state index >= 15 is 0 Å². The van der Waals surface area contributed by atoms with Crippen molar-refractivity contribution >= 4 is 50.7 Å². The molecule has 11 heteroatoms. The molecule has 7 nitrogen and oxygen atoms in total. The summed E-state index contributed by atoms with van der Waals surface area (Å²) in [4.78, 5) is 28.1. The fraction of sp³-hybridized carbons (Fsp3) is 0.231. The number of nitrogens with zero attached hydrogens (tertiary/aromatic N) is 2. The quantitative estimate of drug-likeness (QED) is 0.397. The van der Waals surface area contributed by atoms with Gasteiger partial charge < -0.3 is 10.2 Å². The third-order valence-corrected chi connectivity index (χ3v) is 7.39. The number of carbonyl (C=O) groups is 2. The van der Waals surface area contributed by atoms with Crippen LogP contribution in [0.15, 0.2) is 72.8 Å².